The first-order chi connectivity index (χ1) is 9.40. The minimum atomic E-state index is -0.566. The lowest BCUT2D eigenvalue weighted by molar-refractivity contribution is -0.134. The molecule has 0 bridgehead atoms. The number of ether oxygens (including phenoxy) is 1. The molecular weight excluding hydrogens is 263 g/mol. The molecule has 0 fully saturated rings. The molecule has 110 valence electrons. The van der Waals surface area contributed by atoms with Crippen molar-refractivity contribution in [3.05, 3.63) is 30.1 Å². The zero-order valence-electron chi connectivity index (χ0n) is 11.9. The Bertz CT molecular complexity index is 462. The third-order valence-electron chi connectivity index (χ3n) is 2.68. The maximum absolute atomic E-state index is 12.7. The lowest BCUT2D eigenvalue weighted by atomic mass is 10.3. The fraction of sp³-hybridized carbons (Fsp3) is 0.429. The SMILES string of the molecule is CC(=O)NC(C)C(=O)N(C)CCOc1ccc(F)cc1. The average Bonchev–Trinajstić information content (AvgIpc) is 2.39. The number of hydrogen-bond acceptors (Lipinski definition) is 3. The predicted molar refractivity (Wildman–Crippen MR) is 72.8 cm³/mol. The highest BCUT2D eigenvalue weighted by Gasteiger charge is 2.17. The van der Waals surface area contributed by atoms with Crippen molar-refractivity contribution in [2.24, 2.45) is 0 Å². The van der Waals surface area contributed by atoms with E-state index in [9.17, 15) is 14.0 Å². The van der Waals surface area contributed by atoms with Gasteiger partial charge in [0, 0.05) is 14.0 Å². The van der Waals surface area contributed by atoms with Crippen LogP contribution in [0.1, 0.15) is 13.8 Å². The van der Waals surface area contributed by atoms with E-state index in [1.807, 2.05) is 0 Å². The van der Waals surface area contributed by atoms with E-state index in [2.05, 4.69) is 5.32 Å². The van der Waals surface area contributed by atoms with Crippen LogP contribution in [0.2, 0.25) is 0 Å². The molecule has 1 atom stereocenters. The van der Waals surface area contributed by atoms with Crippen molar-refractivity contribution in [1.29, 1.82) is 0 Å². The molecule has 0 aliphatic heterocycles. The average molecular weight is 282 g/mol. The molecule has 1 rings (SSSR count). The number of rotatable bonds is 6. The Hall–Kier alpha value is -2.11. The van der Waals surface area contributed by atoms with Gasteiger partial charge in [0.25, 0.3) is 0 Å². The van der Waals surface area contributed by atoms with Gasteiger partial charge in [0.1, 0.15) is 24.2 Å². The molecule has 0 aliphatic carbocycles. The third-order valence-corrected chi connectivity index (χ3v) is 2.68. The molecule has 0 aromatic heterocycles. The molecule has 2 amide bonds. The number of benzene rings is 1. The van der Waals surface area contributed by atoms with E-state index in [4.69, 9.17) is 4.74 Å². The van der Waals surface area contributed by atoms with Crippen molar-refractivity contribution >= 4 is 11.8 Å². The molecule has 6 heteroatoms. The molecule has 5 nitrogen and oxygen atoms in total. The standard InChI is InChI=1S/C14H19FN2O3/c1-10(16-11(2)18)14(19)17(3)8-9-20-13-6-4-12(15)5-7-13/h4-7,10H,8-9H2,1-3H3,(H,16,18). The Kier molecular flexibility index (Phi) is 5.96. The van der Waals surface area contributed by atoms with Crippen molar-refractivity contribution in [2.75, 3.05) is 20.2 Å². The zero-order valence-corrected chi connectivity index (χ0v) is 11.9. The molecule has 1 aromatic rings. The quantitative estimate of drug-likeness (QED) is 0.852. The Labute approximate surface area is 117 Å². The summed E-state index contributed by atoms with van der Waals surface area (Å²) in [5.41, 5.74) is 0. The number of hydrogen-bond donors (Lipinski definition) is 1. The molecule has 0 heterocycles. The second-order valence-corrected chi connectivity index (χ2v) is 4.48. The van der Waals surface area contributed by atoms with Crippen LogP contribution in [0.15, 0.2) is 24.3 Å². The van der Waals surface area contributed by atoms with Gasteiger partial charge in [-0.05, 0) is 31.2 Å². The number of carbonyl (C=O) groups excluding carboxylic acids is 2. The van der Waals surface area contributed by atoms with Crippen LogP contribution in [-0.4, -0.2) is 43.0 Å². The van der Waals surface area contributed by atoms with Crippen molar-refractivity contribution in [2.45, 2.75) is 19.9 Å². The van der Waals surface area contributed by atoms with E-state index in [0.717, 1.165) is 0 Å². The van der Waals surface area contributed by atoms with Gasteiger partial charge in [-0.2, -0.15) is 0 Å². The zero-order chi connectivity index (χ0) is 15.1. The van der Waals surface area contributed by atoms with Crippen LogP contribution in [0.5, 0.6) is 5.75 Å². The predicted octanol–water partition coefficient (Wildman–Crippen LogP) is 1.19. The van der Waals surface area contributed by atoms with Gasteiger partial charge >= 0.3 is 0 Å². The van der Waals surface area contributed by atoms with Gasteiger partial charge in [0.05, 0.1) is 6.54 Å². The summed E-state index contributed by atoms with van der Waals surface area (Å²) in [5.74, 6) is -0.222. The van der Waals surface area contributed by atoms with E-state index in [-0.39, 0.29) is 17.6 Å². The summed E-state index contributed by atoms with van der Waals surface area (Å²) in [6, 6.07) is 5.10. The molecule has 0 spiro atoms. The van der Waals surface area contributed by atoms with Gasteiger partial charge in [0.15, 0.2) is 0 Å². The molecular formula is C14H19FN2O3. The molecule has 0 aliphatic rings. The summed E-state index contributed by atoms with van der Waals surface area (Å²) in [4.78, 5) is 24.2. The van der Waals surface area contributed by atoms with Gasteiger partial charge in [-0.1, -0.05) is 0 Å². The molecule has 1 aromatic carbocycles. The molecule has 1 unspecified atom stereocenters. The van der Waals surface area contributed by atoms with E-state index >= 15 is 0 Å². The monoisotopic (exact) mass is 282 g/mol. The molecule has 0 radical (unpaired) electrons. The Balaban J connectivity index is 2.35. The van der Waals surface area contributed by atoms with Crippen LogP contribution in [0.4, 0.5) is 4.39 Å². The van der Waals surface area contributed by atoms with Gasteiger partial charge in [-0.15, -0.1) is 0 Å². The summed E-state index contributed by atoms with van der Waals surface area (Å²) in [5, 5.41) is 2.53. The smallest absolute Gasteiger partial charge is 0.244 e. The minimum absolute atomic E-state index is 0.192. The highest BCUT2D eigenvalue weighted by molar-refractivity contribution is 5.86. The second kappa shape index (κ2) is 7.47. The topological polar surface area (TPSA) is 58.6 Å². The van der Waals surface area contributed by atoms with E-state index < -0.39 is 6.04 Å². The minimum Gasteiger partial charge on any atom is -0.492 e. The van der Waals surface area contributed by atoms with Gasteiger partial charge in [0.2, 0.25) is 11.8 Å². The van der Waals surface area contributed by atoms with Gasteiger partial charge in [-0.3, -0.25) is 9.59 Å². The first-order valence-corrected chi connectivity index (χ1v) is 6.30. The summed E-state index contributed by atoms with van der Waals surface area (Å²) in [6.07, 6.45) is 0. The van der Waals surface area contributed by atoms with Crippen molar-refractivity contribution in [3.63, 3.8) is 0 Å². The maximum atomic E-state index is 12.7. The number of amides is 2. The fourth-order valence-corrected chi connectivity index (χ4v) is 1.64. The third kappa shape index (κ3) is 5.26. The molecule has 0 saturated heterocycles. The van der Waals surface area contributed by atoms with Crippen LogP contribution in [-0.2, 0) is 9.59 Å². The largest absolute Gasteiger partial charge is 0.492 e. The molecule has 0 saturated carbocycles. The first-order valence-electron chi connectivity index (χ1n) is 6.30. The normalized spacial score (nSPS) is 11.6. The Morgan fingerprint density at radius 2 is 1.95 bits per heavy atom. The second-order valence-electron chi connectivity index (χ2n) is 4.48. The Morgan fingerprint density at radius 1 is 1.35 bits per heavy atom. The van der Waals surface area contributed by atoms with Crippen molar-refractivity contribution in [1.82, 2.24) is 10.2 Å². The number of nitrogens with zero attached hydrogens (tertiary/aromatic N) is 1. The number of likely N-dealkylation sites (N-methyl/N-ethyl adjacent to an activating group) is 1. The summed E-state index contributed by atoms with van der Waals surface area (Å²) < 4.78 is 18.1. The summed E-state index contributed by atoms with van der Waals surface area (Å²) in [6.45, 7) is 3.66. The van der Waals surface area contributed by atoms with Crippen LogP contribution >= 0.6 is 0 Å². The lowest BCUT2D eigenvalue weighted by Crippen LogP contribution is -2.45. The van der Waals surface area contributed by atoms with E-state index in [0.29, 0.717) is 18.9 Å². The highest BCUT2D eigenvalue weighted by Crippen LogP contribution is 2.10. The van der Waals surface area contributed by atoms with Gasteiger partial charge in [-0.25, -0.2) is 4.39 Å². The van der Waals surface area contributed by atoms with E-state index in [1.165, 1.54) is 36.1 Å². The first kappa shape index (κ1) is 15.9. The van der Waals surface area contributed by atoms with Crippen molar-refractivity contribution < 1.29 is 18.7 Å². The summed E-state index contributed by atoms with van der Waals surface area (Å²) in [7, 11) is 1.63. The number of carbonyl (C=O) groups is 2. The van der Waals surface area contributed by atoms with Crippen LogP contribution in [0.3, 0.4) is 0 Å². The highest BCUT2D eigenvalue weighted by atomic mass is 19.1. The maximum Gasteiger partial charge on any atom is 0.244 e. The van der Waals surface area contributed by atoms with Crippen LogP contribution < -0.4 is 10.1 Å². The molecule has 1 N–H and O–H groups in total. The Morgan fingerprint density at radius 3 is 2.50 bits per heavy atom. The lowest BCUT2D eigenvalue weighted by Gasteiger charge is -2.21. The number of nitrogens with one attached hydrogen (secondary N) is 1. The summed E-state index contributed by atoms with van der Waals surface area (Å²) >= 11 is 0. The van der Waals surface area contributed by atoms with Crippen LogP contribution in [0.25, 0.3) is 0 Å². The number of halogens is 1. The molecule has 20 heavy (non-hydrogen) atoms. The van der Waals surface area contributed by atoms with Crippen molar-refractivity contribution in [3.8, 4) is 5.75 Å². The fourth-order valence-electron chi connectivity index (χ4n) is 1.64. The van der Waals surface area contributed by atoms with Crippen LogP contribution in [0, 0.1) is 5.82 Å². The van der Waals surface area contributed by atoms with Gasteiger partial charge < -0.3 is 15.0 Å². The van der Waals surface area contributed by atoms with E-state index in [1.54, 1.807) is 14.0 Å².